The summed E-state index contributed by atoms with van der Waals surface area (Å²) in [5, 5.41) is 3.09. The molecule has 0 spiro atoms. The third-order valence-electron chi connectivity index (χ3n) is 5.58. The van der Waals surface area contributed by atoms with E-state index in [0.29, 0.717) is 6.54 Å². The Morgan fingerprint density at radius 1 is 0.926 bits per heavy atom. The minimum atomic E-state index is 0.195. The molecule has 1 fully saturated rings. The van der Waals surface area contributed by atoms with E-state index in [1.807, 2.05) is 6.07 Å². The molecule has 1 amide bonds. The standard InChI is InChI=1S/C23H31N3O/c1-20-8-5-6-12-22(20)18-25-14-16-26(17-15-25)19-23(27)24-13-7-11-21-9-3-2-4-10-21/h2-6,8-10,12H,7,11,13-19H2,1H3,(H,24,27)/p+2. The van der Waals surface area contributed by atoms with E-state index in [0.717, 1.165) is 52.1 Å². The van der Waals surface area contributed by atoms with Gasteiger partial charge in [0.05, 0.1) is 0 Å². The van der Waals surface area contributed by atoms with Crippen LogP contribution >= 0.6 is 0 Å². The molecule has 0 aliphatic carbocycles. The van der Waals surface area contributed by atoms with E-state index in [2.05, 4.69) is 60.8 Å². The van der Waals surface area contributed by atoms with Gasteiger partial charge >= 0.3 is 0 Å². The summed E-state index contributed by atoms with van der Waals surface area (Å²) in [4.78, 5) is 15.3. The maximum Gasteiger partial charge on any atom is 0.275 e. The van der Waals surface area contributed by atoms with Crippen LogP contribution in [0.5, 0.6) is 0 Å². The molecule has 3 N–H and O–H groups in total. The summed E-state index contributed by atoms with van der Waals surface area (Å²) in [5.41, 5.74) is 4.17. The Morgan fingerprint density at radius 3 is 2.33 bits per heavy atom. The van der Waals surface area contributed by atoms with E-state index in [4.69, 9.17) is 0 Å². The summed E-state index contributed by atoms with van der Waals surface area (Å²) in [5.74, 6) is 0.195. The van der Waals surface area contributed by atoms with E-state index in [1.54, 1.807) is 4.90 Å². The van der Waals surface area contributed by atoms with Gasteiger partial charge in [0.25, 0.3) is 5.91 Å². The first-order valence-electron chi connectivity index (χ1n) is 10.2. The molecule has 27 heavy (non-hydrogen) atoms. The SMILES string of the molecule is Cc1ccccc1C[NH+]1CC[NH+](CC(=O)NCCCc2ccccc2)CC1. The third kappa shape index (κ3) is 6.49. The number of hydrogen-bond acceptors (Lipinski definition) is 1. The fourth-order valence-electron chi connectivity index (χ4n) is 3.84. The van der Waals surface area contributed by atoms with Crippen LogP contribution in [-0.4, -0.2) is 45.2 Å². The van der Waals surface area contributed by atoms with Gasteiger partial charge in [-0.1, -0.05) is 54.6 Å². The molecule has 1 aliphatic rings. The van der Waals surface area contributed by atoms with Gasteiger partial charge in [-0.25, -0.2) is 0 Å². The fourth-order valence-corrected chi connectivity index (χ4v) is 3.84. The van der Waals surface area contributed by atoms with E-state index in [1.165, 1.54) is 21.6 Å². The first kappa shape index (κ1) is 19.6. The predicted octanol–water partition coefficient (Wildman–Crippen LogP) is 0.0274. The second-order valence-electron chi connectivity index (χ2n) is 7.72. The molecular weight excluding hydrogens is 334 g/mol. The van der Waals surface area contributed by atoms with E-state index >= 15 is 0 Å². The average Bonchev–Trinajstić information content (AvgIpc) is 2.69. The van der Waals surface area contributed by atoms with E-state index < -0.39 is 0 Å². The normalized spacial score (nSPS) is 19.6. The van der Waals surface area contributed by atoms with Crippen molar-refractivity contribution < 1.29 is 14.6 Å². The molecule has 4 nitrogen and oxygen atoms in total. The molecule has 2 aromatic rings. The Hall–Kier alpha value is -2.17. The molecule has 144 valence electrons. The van der Waals surface area contributed by atoms with Crippen molar-refractivity contribution in [2.24, 2.45) is 0 Å². The Balaban J connectivity index is 1.30. The van der Waals surface area contributed by atoms with Gasteiger partial charge in [-0.3, -0.25) is 4.79 Å². The fraction of sp³-hybridized carbons (Fsp3) is 0.435. The number of carbonyl (C=O) groups excluding carboxylic acids is 1. The average molecular weight is 368 g/mol. The van der Waals surface area contributed by atoms with Crippen molar-refractivity contribution >= 4 is 5.91 Å². The lowest BCUT2D eigenvalue weighted by molar-refractivity contribution is -1.02. The van der Waals surface area contributed by atoms with E-state index in [-0.39, 0.29) is 5.91 Å². The van der Waals surface area contributed by atoms with Gasteiger partial charge in [-0.15, -0.1) is 0 Å². The smallest absolute Gasteiger partial charge is 0.275 e. The lowest BCUT2D eigenvalue weighted by Crippen LogP contribution is -3.28. The van der Waals surface area contributed by atoms with Crippen molar-refractivity contribution in [1.82, 2.24) is 5.32 Å². The first-order valence-corrected chi connectivity index (χ1v) is 10.2. The minimum absolute atomic E-state index is 0.195. The Bertz CT molecular complexity index is 709. The zero-order chi connectivity index (χ0) is 18.9. The van der Waals surface area contributed by atoms with Crippen molar-refractivity contribution in [2.75, 3.05) is 39.3 Å². The molecule has 0 atom stereocenters. The summed E-state index contributed by atoms with van der Waals surface area (Å²) in [6, 6.07) is 19.1. The molecule has 0 aromatic heterocycles. The number of piperazine rings is 1. The van der Waals surface area contributed by atoms with Gasteiger partial charge in [-0.05, 0) is 30.9 Å². The van der Waals surface area contributed by atoms with Crippen molar-refractivity contribution in [1.29, 1.82) is 0 Å². The lowest BCUT2D eigenvalue weighted by Gasteiger charge is -2.29. The van der Waals surface area contributed by atoms with Crippen LogP contribution in [0.4, 0.5) is 0 Å². The second-order valence-corrected chi connectivity index (χ2v) is 7.72. The molecule has 1 heterocycles. The predicted molar refractivity (Wildman–Crippen MR) is 109 cm³/mol. The van der Waals surface area contributed by atoms with Crippen LogP contribution in [0.1, 0.15) is 23.1 Å². The molecule has 2 aromatic carbocycles. The highest BCUT2D eigenvalue weighted by Crippen LogP contribution is 2.04. The number of nitrogens with one attached hydrogen (secondary N) is 3. The molecule has 1 aliphatic heterocycles. The molecule has 4 heteroatoms. The van der Waals surface area contributed by atoms with Crippen molar-refractivity contribution in [2.45, 2.75) is 26.3 Å². The van der Waals surface area contributed by atoms with Gasteiger partial charge in [0.1, 0.15) is 32.7 Å². The van der Waals surface area contributed by atoms with E-state index in [9.17, 15) is 4.79 Å². The largest absolute Gasteiger partial charge is 0.351 e. The van der Waals surface area contributed by atoms with Crippen LogP contribution in [0.25, 0.3) is 0 Å². The van der Waals surface area contributed by atoms with Crippen molar-refractivity contribution in [3.63, 3.8) is 0 Å². The summed E-state index contributed by atoms with van der Waals surface area (Å²) in [7, 11) is 0. The Morgan fingerprint density at radius 2 is 1.59 bits per heavy atom. The molecule has 0 bridgehead atoms. The molecule has 0 unspecified atom stereocenters. The van der Waals surface area contributed by atoms with Crippen LogP contribution in [0.2, 0.25) is 0 Å². The number of aryl methyl sites for hydroxylation is 2. The third-order valence-corrected chi connectivity index (χ3v) is 5.58. The molecule has 0 radical (unpaired) electrons. The van der Waals surface area contributed by atoms with Crippen molar-refractivity contribution in [3.8, 4) is 0 Å². The van der Waals surface area contributed by atoms with Gasteiger partial charge in [0.2, 0.25) is 0 Å². The molecule has 1 saturated heterocycles. The highest BCUT2D eigenvalue weighted by Gasteiger charge is 2.24. The highest BCUT2D eigenvalue weighted by atomic mass is 16.2. The lowest BCUT2D eigenvalue weighted by atomic mass is 10.1. The maximum absolute atomic E-state index is 12.2. The number of benzene rings is 2. The quantitative estimate of drug-likeness (QED) is 0.566. The molecule has 0 saturated carbocycles. The van der Waals surface area contributed by atoms with Crippen LogP contribution in [0.15, 0.2) is 54.6 Å². The number of rotatable bonds is 8. The van der Waals surface area contributed by atoms with Gasteiger partial charge < -0.3 is 15.1 Å². The van der Waals surface area contributed by atoms with Gasteiger partial charge in [0, 0.05) is 12.1 Å². The Kier molecular flexibility index (Phi) is 7.43. The number of amides is 1. The number of carbonyl (C=O) groups is 1. The van der Waals surface area contributed by atoms with Crippen LogP contribution in [-0.2, 0) is 17.8 Å². The van der Waals surface area contributed by atoms with Crippen LogP contribution < -0.4 is 15.1 Å². The highest BCUT2D eigenvalue weighted by molar-refractivity contribution is 5.76. The zero-order valence-electron chi connectivity index (χ0n) is 16.5. The molecule has 3 rings (SSSR count). The van der Waals surface area contributed by atoms with Gasteiger partial charge in [-0.2, -0.15) is 0 Å². The monoisotopic (exact) mass is 367 g/mol. The summed E-state index contributed by atoms with van der Waals surface area (Å²) in [6.45, 7) is 9.13. The summed E-state index contributed by atoms with van der Waals surface area (Å²) < 4.78 is 0. The first-order chi connectivity index (χ1) is 13.2. The zero-order valence-corrected chi connectivity index (χ0v) is 16.5. The molecular formula is C23H33N3O+2. The Labute approximate surface area is 163 Å². The van der Waals surface area contributed by atoms with Gasteiger partial charge in [0.15, 0.2) is 6.54 Å². The summed E-state index contributed by atoms with van der Waals surface area (Å²) in [6.07, 6.45) is 2.02. The second kappa shape index (κ2) is 10.2. The van der Waals surface area contributed by atoms with Crippen LogP contribution in [0, 0.1) is 6.92 Å². The number of hydrogen-bond donors (Lipinski definition) is 3. The minimum Gasteiger partial charge on any atom is -0.351 e. The van der Waals surface area contributed by atoms with Crippen LogP contribution in [0.3, 0.4) is 0 Å². The maximum atomic E-state index is 12.2. The topological polar surface area (TPSA) is 38.0 Å². The number of quaternary nitrogens is 2. The summed E-state index contributed by atoms with van der Waals surface area (Å²) >= 11 is 0. The van der Waals surface area contributed by atoms with Crippen molar-refractivity contribution in [3.05, 3.63) is 71.3 Å².